The molecule has 3 aliphatic heterocycles. The number of likely N-dealkylation sites (tertiary alicyclic amines) is 1. The zero-order chi connectivity index (χ0) is 24.0. The van der Waals surface area contributed by atoms with E-state index < -0.39 is 41.0 Å². The van der Waals surface area contributed by atoms with E-state index in [0.717, 1.165) is 6.42 Å². The molecule has 0 aliphatic carbocycles. The summed E-state index contributed by atoms with van der Waals surface area (Å²) in [5.74, 6) is -2.43. The largest absolute Gasteiger partial charge is 0.394 e. The molecule has 1 spiro atoms. The van der Waals surface area contributed by atoms with Gasteiger partial charge in [-0.3, -0.25) is 14.4 Å². The van der Waals surface area contributed by atoms with Crippen LogP contribution < -0.4 is 10.6 Å². The first-order valence-corrected chi connectivity index (χ1v) is 12.1. The summed E-state index contributed by atoms with van der Waals surface area (Å²) in [6.07, 6.45) is 2.29. The average molecular weight is 478 g/mol. The Morgan fingerprint density at radius 2 is 2.00 bits per heavy atom. The van der Waals surface area contributed by atoms with E-state index in [2.05, 4.69) is 10.6 Å². The van der Waals surface area contributed by atoms with Gasteiger partial charge in [-0.05, 0) is 44.7 Å². The summed E-state index contributed by atoms with van der Waals surface area (Å²) in [6.45, 7) is 5.90. The molecule has 3 heterocycles. The maximum atomic E-state index is 13.8. The van der Waals surface area contributed by atoms with Gasteiger partial charge >= 0.3 is 0 Å². The number of benzene rings is 1. The molecule has 0 aromatic heterocycles. The van der Waals surface area contributed by atoms with Gasteiger partial charge in [-0.1, -0.05) is 37.6 Å². The summed E-state index contributed by atoms with van der Waals surface area (Å²) >= 11 is 6.26. The molecule has 3 amide bonds. The molecule has 0 radical (unpaired) electrons. The predicted molar refractivity (Wildman–Crippen MR) is 124 cm³/mol. The summed E-state index contributed by atoms with van der Waals surface area (Å²) in [6, 6.07) is 5.35. The van der Waals surface area contributed by atoms with Crippen LogP contribution in [0.2, 0.25) is 5.02 Å². The number of rotatable bonds is 8. The topological polar surface area (TPSA) is 108 Å². The third kappa shape index (κ3) is 3.63. The number of hydrogen-bond donors (Lipinski definition) is 3. The van der Waals surface area contributed by atoms with E-state index in [1.54, 1.807) is 24.3 Å². The van der Waals surface area contributed by atoms with Crippen LogP contribution in [0.5, 0.6) is 0 Å². The molecule has 1 aromatic rings. The third-order valence-electron chi connectivity index (χ3n) is 7.50. The average Bonchev–Trinajstić information content (AvgIpc) is 3.36. The van der Waals surface area contributed by atoms with Crippen molar-refractivity contribution in [3.63, 3.8) is 0 Å². The van der Waals surface area contributed by atoms with E-state index in [4.69, 9.17) is 16.3 Å². The van der Waals surface area contributed by atoms with E-state index in [9.17, 15) is 19.5 Å². The molecule has 2 bridgehead atoms. The number of anilines is 1. The first kappa shape index (κ1) is 24.0. The normalized spacial score (nSPS) is 33.2. The Morgan fingerprint density at radius 3 is 2.64 bits per heavy atom. The first-order valence-electron chi connectivity index (χ1n) is 11.7. The summed E-state index contributed by atoms with van der Waals surface area (Å²) in [5.41, 5.74) is -1.52. The van der Waals surface area contributed by atoms with E-state index in [-0.39, 0.29) is 18.4 Å². The van der Waals surface area contributed by atoms with Crippen molar-refractivity contribution in [1.82, 2.24) is 10.2 Å². The van der Waals surface area contributed by atoms with Crippen LogP contribution in [0, 0.1) is 11.8 Å². The minimum atomic E-state index is -1.13. The second-order valence-corrected chi connectivity index (χ2v) is 9.89. The maximum Gasteiger partial charge on any atom is 0.250 e. The molecular weight excluding hydrogens is 446 g/mol. The number of carbonyl (C=O) groups is 3. The van der Waals surface area contributed by atoms with Gasteiger partial charge in [-0.15, -0.1) is 0 Å². The molecule has 4 rings (SSSR count). The van der Waals surface area contributed by atoms with Crippen molar-refractivity contribution in [3.8, 4) is 0 Å². The maximum absolute atomic E-state index is 13.8. The van der Waals surface area contributed by atoms with Gasteiger partial charge in [0.1, 0.15) is 11.6 Å². The van der Waals surface area contributed by atoms with E-state index in [0.29, 0.717) is 36.5 Å². The molecule has 33 heavy (non-hydrogen) atoms. The zero-order valence-electron chi connectivity index (χ0n) is 19.3. The second kappa shape index (κ2) is 8.89. The molecule has 8 nitrogen and oxygen atoms in total. The Kier molecular flexibility index (Phi) is 6.46. The minimum absolute atomic E-state index is 0.219. The fourth-order valence-corrected chi connectivity index (χ4v) is 6.18. The number of ether oxygens (including phenoxy) is 1. The van der Waals surface area contributed by atoms with Crippen molar-refractivity contribution in [3.05, 3.63) is 29.3 Å². The fraction of sp³-hybridized carbons (Fsp3) is 0.625. The van der Waals surface area contributed by atoms with Crippen LogP contribution in [0.4, 0.5) is 5.69 Å². The number of nitrogens with one attached hydrogen (secondary N) is 2. The lowest BCUT2D eigenvalue weighted by molar-refractivity contribution is -0.148. The number of nitrogens with zero attached hydrogens (tertiary/aromatic N) is 1. The zero-order valence-corrected chi connectivity index (χ0v) is 20.0. The Morgan fingerprint density at radius 1 is 1.27 bits per heavy atom. The van der Waals surface area contributed by atoms with Gasteiger partial charge in [0, 0.05) is 6.54 Å². The van der Waals surface area contributed by atoms with E-state index in [1.165, 1.54) is 4.90 Å². The number of amides is 3. The summed E-state index contributed by atoms with van der Waals surface area (Å²) in [4.78, 5) is 42.2. The molecule has 9 heteroatoms. The molecule has 0 saturated carbocycles. The van der Waals surface area contributed by atoms with Gasteiger partial charge in [-0.25, -0.2) is 0 Å². The van der Waals surface area contributed by atoms with Gasteiger partial charge in [0.05, 0.1) is 40.8 Å². The Labute approximate surface area is 199 Å². The van der Waals surface area contributed by atoms with Crippen LogP contribution in [0.1, 0.15) is 46.5 Å². The number of carbonyl (C=O) groups excluding carboxylic acids is 3. The van der Waals surface area contributed by atoms with Crippen LogP contribution in [0.15, 0.2) is 24.3 Å². The highest BCUT2D eigenvalue weighted by atomic mass is 35.5. The smallest absolute Gasteiger partial charge is 0.250 e. The molecule has 180 valence electrons. The SMILES string of the molecule is CCCNC(=O)[C@H]1[C@H]2C(=O)N([C@@H](CC)CO)C(C(=O)Nc3ccccc3Cl)C23CC[C@]1(C)O3. The summed E-state index contributed by atoms with van der Waals surface area (Å²) in [5, 5.41) is 16.2. The predicted octanol–water partition coefficient (Wildman–Crippen LogP) is 2.34. The van der Waals surface area contributed by atoms with Crippen molar-refractivity contribution in [2.45, 2.75) is 69.7 Å². The second-order valence-electron chi connectivity index (χ2n) is 9.48. The van der Waals surface area contributed by atoms with Gasteiger partial charge in [0.25, 0.3) is 0 Å². The molecule has 3 N–H and O–H groups in total. The van der Waals surface area contributed by atoms with E-state index in [1.807, 2.05) is 20.8 Å². The van der Waals surface area contributed by atoms with Crippen LogP contribution in [0.3, 0.4) is 0 Å². The highest BCUT2D eigenvalue weighted by Gasteiger charge is 2.78. The highest BCUT2D eigenvalue weighted by molar-refractivity contribution is 6.33. The number of fused-ring (bicyclic) bond motifs is 1. The van der Waals surface area contributed by atoms with Crippen LogP contribution >= 0.6 is 11.6 Å². The monoisotopic (exact) mass is 477 g/mol. The molecular formula is C24H32ClN3O5. The lowest BCUT2D eigenvalue weighted by Gasteiger charge is -2.36. The van der Waals surface area contributed by atoms with Gasteiger partial charge < -0.3 is 25.4 Å². The summed E-state index contributed by atoms with van der Waals surface area (Å²) < 4.78 is 6.53. The van der Waals surface area contributed by atoms with Gasteiger partial charge in [-0.2, -0.15) is 0 Å². The Bertz CT molecular complexity index is 954. The lowest BCUT2D eigenvalue weighted by atomic mass is 9.66. The van der Waals surface area contributed by atoms with Crippen LogP contribution in [-0.2, 0) is 19.1 Å². The molecule has 1 aromatic carbocycles. The number of hydrogen-bond acceptors (Lipinski definition) is 5. The summed E-state index contributed by atoms with van der Waals surface area (Å²) in [7, 11) is 0. The molecule has 3 saturated heterocycles. The molecule has 6 atom stereocenters. The van der Waals surface area contributed by atoms with E-state index >= 15 is 0 Å². The quantitative estimate of drug-likeness (QED) is 0.532. The van der Waals surface area contributed by atoms with Gasteiger partial charge in [0.2, 0.25) is 17.7 Å². The van der Waals surface area contributed by atoms with Crippen molar-refractivity contribution >= 4 is 35.0 Å². The van der Waals surface area contributed by atoms with Crippen molar-refractivity contribution in [2.24, 2.45) is 11.8 Å². The first-order chi connectivity index (χ1) is 15.7. The molecule has 3 fully saturated rings. The van der Waals surface area contributed by atoms with Crippen molar-refractivity contribution in [1.29, 1.82) is 0 Å². The Balaban J connectivity index is 1.76. The number of para-hydroxylation sites is 1. The van der Waals surface area contributed by atoms with Crippen LogP contribution in [0.25, 0.3) is 0 Å². The molecule has 2 unspecified atom stereocenters. The Hall–Kier alpha value is -2.16. The lowest BCUT2D eigenvalue weighted by Crippen LogP contribution is -2.56. The number of halogens is 1. The third-order valence-corrected chi connectivity index (χ3v) is 7.83. The number of aliphatic hydroxyl groups excluding tert-OH is 1. The highest BCUT2D eigenvalue weighted by Crippen LogP contribution is 2.63. The number of aliphatic hydroxyl groups is 1. The fourth-order valence-electron chi connectivity index (χ4n) is 5.99. The van der Waals surface area contributed by atoms with Crippen molar-refractivity contribution in [2.75, 3.05) is 18.5 Å². The van der Waals surface area contributed by atoms with Gasteiger partial charge in [0.15, 0.2) is 0 Å². The van der Waals surface area contributed by atoms with Crippen molar-refractivity contribution < 1.29 is 24.2 Å². The molecule has 3 aliphatic rings. The van der Waals surface area contributed by atoms with Crippen LogP contribution in [-0.4, -0.2) is 64.2 Å². The standard InChI is InChI=1S/C24H32ClN3O5/c1-4-12-26-20(30)17-18-22(32)28(14(5-2)13-29)19(24(18)11-10-23(17,3)33-24)21(31)27-16-9-7-6-8-15(16)25/h6-9,14,17-19,29H,4-5,10-13H2,1-3H3,(H,26,30)(H,27,31)/t14-,17+,18-,19?,23-,24?/m0/s1. The minimum Gasteiger partial charge on any atom is -0.394 e.